The first-order valence-corrected chi connectivity index (χ1v) is 6.41. The van der Waals surface area contributed by atoms with E-state index in [2.05, 4.69) is 4.98 Å². The van der Waals surface area contributed by atoms with E-state index in [4.69, 9.17) is 22.1 Å². The first kappa shape index (κ1) is 15.6. The molecule has 112 valence electrons. The number of hydrogen-bond donors (Lipinski definition) is 1. The van der Waals surface area contributed by atoms with E-state index in [0.717, 1.165) is 18.5 Å². The van der Waals surface area contributed by atoms with Crippen LogP contribution in [0.2, 0.25) is 5.02 Å². The lowest BCUT2D eigenvalue weighted by atomic mass is 10.0. The predicted octanol–water partition coefficient (Wildman–Crippen LogP) is 3.83. The Kier molecular flexibility index (Phi) is 4.69. The minimum atomic E-state index is -4.48. The standard InChI is InChI=1S/C14H12ClF3N2O/c15-9-1-3-10(4-2-9)21-8-13(19)11-7-20-6-5-12(11)14(16,17)18/h1-7,13H,8,19H2. The Morgan fingerprint density at radius 3 is 2.48 bits per heavy atom. The average molecular weight is 317 g/mol. The molecule has 7 heteroatoms. The Balaban J connectivity index is 2.10. The van der Waals surface area contributed by atoms with Gasteiger partial charge in [-0.25, -0.2) is 0 Å². The van der Waals surface area contributed by atoms with Crippen LogP contribution in [-0.4, -0.2) is 11.6 Å². The van der Waals surface area contributed by atoms with Crippen molar-refractivity contribution in [1.29, 1.82) is 0 Å². The van der Waals surface area contributed by atoms with E-state index in [1.807, 2.05) is 0 Å². The number of benzene rings is 1. The van der Waals surface area contributed by atoms with Gasteiger partial charge in [0.2, 0.25) is 0 Å². The van der Waals surface area contributed by atoms with Crippen LogP contribution in [0.3, 0.4) is 0 Å². The molecule has 1 unspecified atom stereocenters. The minimum Gasteiger partial charge on any atom is -0.492 e. The maximum absolute atomic E-state index is 12.9. The maximum atomic E-state index is 12.9. The highest BCUT2D eigenvalue weighted by Crippen LogP contribution is 2.33. The van der Waals surface area contributed by atoms with Crippen LogP contribution >= 0.6 is 11.6 Å². The van der Waals surface area contributed by atoms with Crippen LogP contribution in [0.4, 0.5) is 13.2 Å². The van der Waals surface area contributed by atoms with Crippen molar-refractivity contribution in [2.75, 3.05) is 6.61 Å². The van der Waals surface area contributed by atoms with Crippen molar-refractivity contribution in [3.8, 4) is 5.75 Å². The molecule has 0 radical (unpaired) electrons. The fourth-order valence-electron chi connectivity index (χ4n) is 1.77. The van der Waals surface area contributed by atoms with E-state index in [9.17, 15) is 13.2 Å². The first-order chi connectivity index (χ1) is 9.88. The number of halogens is 4. The molecule has 2 aromatic rings. The summed E-state index contributed by atoms with van der Waals surface area (Å²) in [5, 5.41) is 0.540. The zero-order valence-electron chi connectivity index (χ0n) is 10.8. The lowest BCUT2D eigenvalue weighted by molar-refractivity contribution is -0.138. The summed E-state index contributed by atoms with van der Waals surface area (Å²) in [6.07, 6.45) is -2.28. The Labute approximate surface area is 124 Å². The Morgan fingerprint density at radius 2 is 1.86 bits per heavy atom. The minimum absolute atomic E-state index is 0.0982. The Morgan fingerprint density at radius 1 is 1.19 bits per heavy atom. The molecule has 0 aliphatic rings. The second kappa shape index (κ2) is 6.32. The molecule has 0 saturated heterocycles. The smallest absolute Gasteiger partial charge is 0.416 e. The molecule has 0 amide bonds. The number of aromatic nitrogens is 1. The first-order valence-electron chi connectivity index (χ1n) is 6.03. The van der Waals surface area contributed by atoms with Gasteiger partial charge in [-0.15, -0.1) is 0 Å². The quantitative estimate of drug-likeness (QED) is 0.932. The lowest BCUT2D eigenvalue weighted by Crippen LogP contribution is -2.23. The monoisotopic (exact) mass is 316 g/mol. The SMILES string of the molecule is NC(COc1ccc(Cl)cc1)c1cnccc1C(F)(F)F. The van der Waals surface area contributed by atoms with Crippen LogP contribution < -0.4 is 10.5 Å². The van der Waals surface area contributed by atoms with Crippen molar-refractivity contribution in [1.82, 2.24) is 4.98 Å². The number of nitrogens with zero attached hydrogens (tertiary/aromatic N) is 1. The van der Waals surface area contributed by atoms with Crippen molar-refractivity contribution in [3.63, 3.8) is 0 Å². The van der Waals surface area contributed by atoms with E-state index < -0.39 is 17.8 Å². The van der Waals surface area contributed by atoms with Crippen LogP contribution in [0.1, 0.15) is 17.2 Å². The van der Waals surface area contributed by atoms with E-state index in [1.54, 1.807) is 24.3 Å². The van der Waals surface area contributed by atoms with Gasteiger partial charge in [0.1, 0.15) is 12.4 Å². The van der Waals surface area contributed by atoms with Gasteiger partial charge in [0.05, 0.1) is 11.6 Å². The maximum Gasteiger partial charge on any atom is 0.416 e. The van der Waals surface area contributed by atoms with Gasteiger partial charge in [-0.1, -0.05) is 11.6 Å². The van der Waals surface area contributed by atoms with Gasteiger partial charge >= 0.3 is 6.18 Å². The van der Waals surface area contributed by atoms with Crippen LogP contribution in [-0.2, 0) is 6.18 Å². The van der Waals surface area contributed by atoms with Gasteiger partial charge in [-0.2, -0.15) is 13.2 Å². The summed E-state index contributed by atoms with van der Waals surface area (Å²) >= 11 is 5.73. The molecule has 0 saturated carbocycles. The molecule has 0 aliphatic heterocycles. The summed E-state index contributed by atoms with van der Waals surface area (Å²) in [7, 11) is 0. The van der Waals surface area contributed by atoms with E-state index in [-0.39, 0.29) is 12.2 Å². The average Bonchev–Trinajstić information content (AvgIpc) is 2.45. The third kappa shape index (κ3) is 4.09. The summed E-state index contributed by atoms with van der Waals surface area (Å²) in [6.45, 7) is -0.101. The van der Waals surface area contributed by atoms with Gasteiger partial charge in [-0.05, 0) is 30.3 Å². The number of hydrogen-bond acceptors (Lipinski definition) is 3. The highest BCUT2D eigenvalue weighted by atomic mass is 35.5. The normalized spacial score (nSPS) is 13.0. The van der Waals surface area contributed by atoms with E-state index >= 15 is 0 Å². The molecule has 1 atom stereocenters. The van der Waals surface area contributed by atoms with Gasteiger partial charge < -0.3 is 10.5 Å². The fourth-order valence-corrected chi connectivity index (χ4v) is 1.89. The van der Waals surface area contributed by atoms with E-state index in [0.29, 0.717) is 10.8 Å². The largest absolute Gasteiger partial charge is 0.492 e. The van der Waals surface area contributed by atoms with Crippen LogP contribution in [0, 0.1) is 0 Å². The zero-order chi connectivity index (χ0) is 15.5. The molecular weight excluding hydrogens is 305 g/mol. The molecule has 3 nitrogen and oxygen atoms in total. The highest BCUT2D eigenvalue weighted by Gasteiger charge is 2.34. The van der Waals surface area contributed by atoms with Crippen LogP contribution in [0.5, 0.6) is 5.75 Å². The van der Waals surface area contributed by atoms with Crippen LogP contribution in [0.15, 0.2) is 42.7 Å². The molecule has 1 aromatic carbocycles. The van der Waals surface area contributed by atoms with Crippen molar-refractivity contribution in [2.24, 2.45) is 5.73 Å². The molecular formula is C14H12ClF3N2O. The molecule has 1 aromatic heterocycles. The fraction of sp³-hybridized carbons (Fsp3) is 0.214. The number of nitrogens with two attached hydrogens (primary N) is 1. The van der Waals surface area contributed by atoms with Crippen molar-refractivity contribution in [2.45, 2.75) is 12.2 Å². The highest BCUT2D eigenvalue weighted by molar-refractivity contribution is 6.30. The van der Waals surface area contributed by atoms with Gasteiger partial charge in [0.25, 0.3) is 0 Å². The van der Waals surface area contributed by atoms with Gasteiger partial charge in [-0.3, -0.25) is 4.98 Å². The third-order valence-electron chi connectivity index (χ3n) is 2.80. The second-order valence-corrected chi connectivity index (χ2v) is 4.77. The molecule has 2 N–H and O–H groups in total. The summed E-state index contributed by atoms with van der Waals surface area (Å²) < 4.78 is 44.0. The molecule has 0 fully saturated rings. The Bertz CT molecular complexity index is 602. The molecule has 1 heterocycles. The van der Waals surface area contributed by atoms with Gasteiger partial charge in [0, 0.05) is 23.0 Å². The summed E-state index contributed by atoms with van der Waals surface area (Å²) in [5.41, 5.74) is 4.88. The van der Waals surface area contributed by atoms with Crippen molar-refractivity contribution < 1.29 is 17.9 Å². The molecule has 0 bridgehead atoms. The lowest BCUT2D eigenvalue weighted by Gasteiger charge is -2.18. The second-order valence-electron chi connectivity index (χ2n) is 4.33. The number of ether oxygens (including phenoxy) is 1. The van der Waals surface area contributed by atoms with Crippen molar-refractivity contribution >= 4 is 11.6 Å². The summed E-state index contributed by atoms with van der Waals surface area (Å²) in [6, 6.07) is 6.43. The van der Waals surface area contributed by atoms with Gasteiger partial charge in [0.15, 0.2) is 0 Å². The zero-order valence-corrected chi connectivity index (χ0v) is 11.5. The number of rotatable bonds is 4. The molecule has 2 rings (SSSR count). The summed E-state index contributed by atoms with van der Waals surface area (Å²) in [4.78, 5) is 3.69. The van der Waals surface area contributed by atoms with E-state index in [1.165, 1.54) is 0 Å². The van der Waals surface area contributed by atoms with Crippen LogP contribution in [0.25, 0.3) is 0 Å². The number of alkyl halides is 3. The summed E-state index contributed by atoms with van der Waals surface area (Å²) in [5.74, 6) is 0.479. The Hall–Kier alpha value is -1.79. The number of pyridine rings is 1. The van der Waals surface area contributed by atoms with Crippen molar-refractivity contribution in [3.05, 3.63) is 58.9 Å². The predicted molar refractivity (Wildman–Crippen MR) is 73.1 cm³/mol. The molecule has 21 heavy (non-hydrogen) atoms. The molecule has 0 spiro atoms. The molecule has 0 aliphatic carbocycles. The third-order valence-corrected chi connectivity index (χ3v) is 3.05. The topological polar surface area (TPSA) is 48.1 Å².